The highest BCUT2D eigenvalue weighted by molar-refractivity contribution is 8.02. The molecule has 0 amide bonds. The zero-order chi connectivity index (χ0) is 9.68. The van der Waals surface area contributed by atoms with Gasteiger partial charge in [-0.05, 0) is 19.7 Å². The van der Waals surface area contributed by atoms with Gasteiger partial charge in [-0.1, -0.05) is 11.8 Å². The Hall–Kier alpha value is -0.190. The average molecular weight is 202 g/mol. The highest BCUT2D eigenvalue weighted by Gasteiger charge is 2.16. The Bertz CT molecular complexity index is 192. The van der Waals surface area contributed by atoms with Crippen LogP contribution in [-0.2, 0) is 4.74 Å². The first kappa shape index (κ1) is 10.9. The van der Waals surface area contributed by atoms with Crippen molar-refractivity contribution in [2.24, 2.45) is 5.73 Å². The summed E-state index contributed by atoms with van der Waals surface area (Å²) in [5.41, 5.74) is 6.86. The Kier molecular flexibility index (Phi) is 4.62. The molecule has 4 heteroatoms. The molecule has 0 atom stereocenters. The van der Waals surface area contributed by atoms with Crippen LogP contribution in [0.3, 0.4) is 0 Å². The number of nitrogens with zero attached hydrogens (tertiary/aromatic N) is 1. The van der Waals surface area contributed by atoms with E-state index in [9.17, 15) is 0 Å². The molecular weight excluding hydrogens is 184 g/mol. The van der Waals surface area contributed by atoms with Crippen molar-refractivity contribution in [2.45, 2.75) is 6.42 Å². The quantitative estimate of drug-likeness (QED) is 0.718. The van der Waals surface area contributed by atoms with Gasteiger partial charge in [-0.15, -0.1) is 0 Å². The van der Waals surface area contributed by atoms with Crippen LogP contribution in [0.4, 0.5) is 0 Å². The molecule has 2 N–H and O–H groups in total. The van der Waals surface area contributed by atoms with E-state index >= 15 is 0 Å². The number of rotatable bonds is 5. The van der Waals surface area contributed by atoms with Gasteiger partial charge in [0.2, 0.25) is 0 Å². The maximum atomic E-state index is 5.53. The van der Waals surface area contributed by atoms with Crippen molar-refractivity contribution in [3.8, 4) is 0 Å². The molecule has 76 valence electrons. The fraction of sp³-hybridized carbons (Fsp3) is 0.778. The maximum Gasteiger partial charge on any atom is 0.153 e. The van der Waals surface area contributed by atoms with E-state index in [0.29, 0.717) is 6.54 Å². The van der Waals surface area contributed by atoms with E-state index < -0.39 is 0 Å². The molecule has 0 aromatic rings. The molecule has 0 aromatic heterocycles. The van der Waals surface area contributed by atoms with E-state index in [1.807, 2.05) is 0 Å². The first-order valence-corrected chi connectivity index (χ1v) is 5.55. The third-order valence-electron chi connectivity index (χ3n) is 1.78. The van der Waals surface area contributed by atoms with Crippen molar-refractivity contribution >= 4 is 11.8 Å². The van der Waals surface area contributed by atoms with Crippen molar-refractivity contribution in [1.29, 1.82) is 0 Å². The lowest BCUT2D eigenvalue weighted by Crippen LogP contribution is -2.15. The van der Waals surface area contributed by atoms with E-state index in [2.05, 4.69) is 19.0 Å². The van der Waals surface area contributed by atoms with Crippen molar-refractivity contribution < 1.29 is 4.74 Å². The fourth-order valence-electron chi connectivity index (χ4n) is 1.29. The van der Waals surface area contributed by atoms with Gasteiger partial charge in [-0.2, -0.15) is 0 Å². The Morgan fingerprint density at radius 2 is 2.31 bits per heavy atom. The van der Waals surface area contributed by atoms with Gasteiger partial charge < -0.3 is 15.4 Å². The van der Waals surface area contributed by atoms with Crippen molar-refractivity contribution in [3.05, 3.63) is 10.7 Å². The molecule has 0 spiro atoms. The van der Waals surface area contributed by atoms with Crippen LogP contribution < -0.4 is 5.73 Å². The topological polar surface area (TPSA) is 38.5 Å². The molecule has 1 aliphatic heterocycles. The molecule has 0 radical (unpaired) electrons. The number of hydrogen-bond acceptors (Lipinski definition) is 4. The fourth-order valence-corrected chi connectivity index (χ4v) is 2.13. The normalized spacial score (nSPS) is 16.9. The SMILES string of the molecule is CN(C)CC1=C(SCCN)OCC1. The molecule has 0 unspecified atom stereocenters. The Morgan fingerprint density at radius 1 is 1.54 bits per heavy atom. The summed E-state index contributed by atoms with van der Waals surface area (Å²) in [6.07, 6.45) is 1.07. The summed E-state index contributed by atoms with van der Waals surface area (Å²) in [6.45, 7) is 2.57. The van der Waals surface area contributed by atoms with Gasteiger partial charge in [0.15, 0.2) is 5.09 Å². The van der Waals surface area contributed by atoms with Gasteiger partial charge in [0.25, 0.3) is 0 Å². The van der Waals surface area contributed by atoms with Crippen LogP contribution >= 0.6 is 11.8 Å². The van der Waals surface area contributed by atoms with Crippen LogP contribution in [0.2, 0.25) is 0 Å². The van der Waals surface area contributed by atoms with Gasteiger partial charge in [-0.25, -0.2) is 0 Å². The molecular formula is C9H18N2OS. The molecule has 0 bridgehead atoms. The molecule has 0 saturated carbocycles. The first-order chi connectivity index (χ1) is 6.24. The smallest absolute Gasteiger partial charge is 0.153 e. The van der Waals surface area contributed by atoms with Crippen molar-refractivity contribution in [2.75, 3.05) is 39.5 Å². The molecule has 0 aliphatic carbocycles. The van der Waals surface area contributed by atoms with E-state index in [1.165, 1.54) is 5.57 Å². The third kappa shape index (κ3) is 3.58. The van der Waals surface area contributed by atoms with Crippen molar-refractivity contribution in [1.82, 2.24) is 4.90 Å². The minimum absolute atomic E-state index is 0.715. The molecule has 13 heavy (non-hydrogen) atoms. The summed E-state index contributed by atoms with van der Waals surface area (Å²) in [6, 6.07) is 0. The predicted molar refractivity (Wildman–Crippen MR) is 57.7 cm³/mol. The largest absolute Gasteiger partial charge is 0.487 e. The second-order valence-electron chi connectivity index (χ2n) is 3.36. The number of thioether (sulfide) groups is 1. The summed E-state index contributed by atoms with van der Waals surface area (Å²) >= 11 is 1.74. The molecule has 0 fully saturated rings. The molecule has 3 nitrogen and oxygen atoms in total. The molecule has 1 aliphatic rings. The highest BCUT2D eigenvalue weighted by atomic mass is 32.2. The van der Waals surface area contributed by atoms with E-state index in [4.69, 9.17) is 10.5 Å². The summed E-state index contributed by atoms with van der Waals surface area (Å²) < 4.78 is 5.53. The Balaban J connectivity index is 2.45. The zero-order valence-corrected chi connectivity index (χ0v) is 9.19. The summed E-state index contributed by atoms with van der Waals surface area (Å²) in [5, 5.41) is 1.11. The van der Waals surface area contributed by atoms with Crippen molar-refractivity contribution in [3.63, 3.8) is 0 Å². The lowest BCUT2D eigenvalue weighted by Gasteiger charge is -2.10. The summed E-state index contributed by atoms with van der Waals surface area (Å²) in [7, 11) is 4.16. The Labute approximate surface area is 84.3 Å². The summed E-state index contributed by atoms with van der Waals surface area (Å²) in [4.78, 5) is 2.17. The van der Waals surface area contributed by atoms with Crippen LogP contribution in [-0.4, -0.2) is 44.4 Å². The first-order valence-electron chi connectivity index (χ1n) is 4.56. The molecule has 0 aromatic carbocycles. The lowest BCUT2D eigenvalue weighted by molar-refractivity contribution is 0.271. The minimum atomic E-state index is 0.715. The van der Waals surface area contributed by atoms with Crippen LogP contribution in [0.15, 0.2) is 10.7 Å². The van der Waals surface area contributed by atoms with Crippen LogP contribution in [0.5, 0.6) is 0 Å². The second-order valence-corrected chi connectivity index (χ2v) is 4.43. The monoisotopic (exact) mass is 202 g/mol. The van der Waals surface area contributed by atoms with E-state index in [0.717, 1.165) is 30.4 Å². The highest BCUT2D eigenvalue weighted by Crippen LogP contribution is 2.28. The number of ether oxygens (including phenoxy) is 1. The number of likely N-dealkylation sites (N-methyl/N-ethyl adjacent to an activating group) is 1. The summed E-state index contributed by atoms with van der Waals surface area (Å²) in [5.74, 6) is 0.951. The van der Waals surface area contributed by atoms with Gasteiger partial charge in [0.05, 0.1) is 6.61 Å². The predicted octanol–water partition coefficient (Wildman–Crippen LogP) is 0.872. The second kappa shape index (κ2) is 5.52. The van der Waals surface area contributed by atoms with Crippen LogP contribution in [0.25, 0.3) is 0 Å². The van der Waals surface area contributed by atoms with E-state index in [-0.39, 0.29) is 0 Å². The van der Waals surface area contributed by atoms with Gasteiger partial charge in [0, 0.05) is 25.3 Å². The van der Waals surface area contributed by atoms with Crippen LogP contribution in [0, 0.1) is 0 Å². The van der Waals surface area contributed by atoms with Gasteiger partial charge >= 0.3 is 0 Å². The zero-order valence-electron chi connectivity index (χ0n) is 8.38. The Morgan fingerprint density at radius 3 is 2.92 bits per heavy atom. The molecule has 0 saturated heterocycles. The number of nitrogens with two attached hydrogens (primary N) is 1. The third-order valence-corrected chi connectivity index (χ3v) is 2.89. The van der Waals surface area contributed by atoms with Gasteiger partial charge in [0.1, 0.15) is 0 Å². The molecule has 1 heterocycles. The maximum absolute atomic E-state index is 5.53. The molecule has 1 rings (SSSR count). The minimum Gasteiger partial charge on any atom is -0.487 e. The van der Waals surface area contributed by atoms with Gasteiger partial charge in [-0.3, -0.25) is 0 Å². The standard InChI is InChI=1S/C9H18N2OS/c1-11(2)7-8-3-5-12-9(8)13-6-4-10/h3-7,10H2,1-2H3. The lowest BCUT2D eigenvalue weighted by atomic mass is 10.2. The van der Waals surface area contributed by atoms with E-state index in [1.54, 1.807) is 11.8 Å². The van der Waals surface area contributed by atoms with Crippen LogP contribution in [0.1, 0.15) is 6.42 Å². The number of hydrogen-bond donors (Lipinski definition) is 1. The average Bonchev–Trinajstić information content (AvgIpc) is 2.48.